The molecule has 1 amide bonds. The molecule has 0 saturated heterocycles. The zero-order valence-electron chi connectivity index (χ0n) is 14.2. The molecule has 2 aromatic rings. The van der Waals surface area contributed by atoms with E-state index in [1.54, 1.807) is 11.8 Å². The van der Waals surface area contributed by atoms with E-state index in [0.29, 0.717) is 17.3 Å². The molecule has 0 radical (unpaired) electrons. The minimum Gasteiger partial charge on any atom is -0.441 e. The molecule has 0 aliphatic carbocycles. The van der Waals surface area contributed by atoms with Crippen LogP contribution in [0.5, 0.6) is 0 Å². The maximum absolute atomic E-state index is 12.7. The summed E-state index contributed by atoms with van der Waals surface area (Å²) in [6, 6.07) is 9.71. The van der Waals surface area contributed by atoms with Crippen molar-refractivity contribution in [2.24, 2.45) is 5.41 Å². The van der Waals surface area contributed by atoms with Gasteiger partial charge in [-0.2, -0.15) is 0 Å². The Kier molecular flexibility index (Phi) is 4.40. The van der Waals surface area contributed by atoms with Crippen LogP contribution in [0.2, 0.25) is 0 Å². The van der Waals surface area contributed by atoms with Crippen molar-refractivity contribution in [3.8, 4) is 11.5 Å². The second kappa shape index (κ2) is 5.95. The molecule has 0 fully saturated rings. The second-order valence-electron chi connectivity index (χ2n) is 6.75. The first kappa shape index (κ1) is 16.3. The van der Waals surface area contributed by atoms with Gasteiger partial charge in [0.1, 0.15) is 5.76 Å². The minimum atomic E-state index is -0.106. The zero-order chi connectivity index (χ0) is 16.5. The molecule has 4 heteroatoms. The Morgan fingerprint density at radius 3 is 2.36 bits per heavy atom. The van der Waals surface area contributed by atoms with Crippen molar-refractivity contribution in [1.82, 2.24) is 9.88 Å². The van der Waals surface area contributed by atoms with Gasteiger partial charge in [0, 0.05) is 18.7 Å². The highest BCUT2D eigenvalue weighted by Gasteiger charge is 2.30. The summed E-state index contributed by atoms with van der Waals surface area (Å²) in [6.45, 7) is 10.2. The van der Waals surface area contributed by atoms with E-state index in [1.807, 2.05) is 44.3 Å². The topological polar surface area (TPSA) is 46.3 Å². The first-order chi connectivity index (χ1) is 10.2. The summed E-state index contributed by atoms with van der Waals surface area (Å²) in [6.07, 6.45) is 0. The standard InChI is InChI=1S/C18H24N2O2/c1-12-15(17(21)20(6)13(2)18(3,4)5)19-16(22-12)14-10-8-7-9-11-14/h7-11,13H,1-6H3/t13-/m1/s1. The van der Waals surface area contributed by atoms with Crippen LogP contribution in [0.3, 0.4) is 0 Å². The molecular formula is C18H24N2O2. The summed E-state index contributed by atoms with van der Waals surface area (Å²) in [4.78, 5) is 18.8. The van der Waals surface area contributed by atoms with Crippen LogP contribution in [0.25, 0.3) is 11.5 Å². The molecule has 0 saturated carbocycles. The van der Waals surface area contributed by atoms with E-state index in [-0.39, 0.29) is 17.4 Å². The van der Waals surface area contributed by atoms with Crippen molar-refractivity contribution in [2.45, 2.75) is 40.7 Å². The molecule has 0 aliphatic rings. The van der Waals surface area contributed by atoms with Gasteiger partial charge in [-0.25, -0.2) is 4.98 Å². The van der Waals surface area contributed by atoms with E-state index >= 15 is 0 Å². The minimum absolute atomic E-state index is 0.00428. The molecule has 22 heavy (non-hydrogen) atoms. The maximum atomic E-state index is 12.7. The molecule has 0 aliphatic heterocycles. The highest BCUT2D eigenvalue weighted by atomic mass is 16.4. The van der Waals surface area contributed by atoms with Gasteiger partial charge in [0.2, 0.25) is 5.89 Å². The lowest BCUT2D eigenvalue weighted by Gasteiger charge is -2.35. The Morgan fingerprint density at radius 2 is 1.82 bits per heavy atom. The number of oxazole rings is 1. The van der Waals surface area contributed by atoms with Crippen LogP contribution in [0.4, 0.5) is 0 Å². The maximum Gasteiger partial charge on any atom is 0.276 e. The van der Waals surface area contributed by atoms with E-state index in [1.165, 1.54) is 0 Å². The summed E-state index contributed by atoms with van der Waals surface area (Å²) < 4.78 is 5.68. The van der Waals surface area contributed by atoms with E-state index in [9.17, 15) is 4.79 Å². The number of benzene rings is 1. The van der Waals surface area contributed by atoms with Crippen molar-refractivity contribution in [2.75, 3.05) is 7.05 Å². The lowest BCUT2D eigenvalue weighted by Crippen LogP contribution is -2.43. The number of amides is 1. The molecule has 0 bridgehead atoms. The number of carbonyl (C=O) groups excluding carboxylic acids is 1. The molecule has 0 spiro atoms. The molecule has 0 N–H and O–H groups in total. The summed E-state index contributed by atoms with van der Waals surface area (Å²) >= 11 is 0. The number of nitrogens with zero attached hydrogens (tertiary/aromatic N) is 2. The quantitative estimate of drug-likeness (QED) is 0.855. The molecular weight excluding hydrogens is 276 g/mol. The van der Waals surface area contributed by atoms with E-state index in [4.69, 9.17) is 4.42 Å². The summed E-state index contributed by atoms with van der Waals surface area (Å²) in [5, 5.41) is 0. The van der Waals surface area contributed by atoms with Gasteiger partial charge in [-0.05, 0) is 31.4 Å². The smallest absolute Gasteiger partial charge is 0.276 e. The Morgan fingerprint density at radius 1 is 1.23 bits per heavy atom. The first-order valence-electron chi connectivity index (χ1n) is 7.52. The highest BCUT2D eigenvalue weighted by molar-refractivity contribution is 5.93. The number of hydrogen-bond acceptors (Lipinski definition) is 3. The van der Waals surface area contributed by atoms with E-state index in [2.05, 4.69) is 25.8 Å². The molecule has 1 aromatic carbocycles. The average molecular weight is 300 g/mol. The van der Waals surface area contributed by atoms with Crippen LogP contribution < -0.4 is 0 Å². The summed E-state index contributed by atoms with van der Waals surface area (Å²) in [5.74, 6) is 0.931. The van der Waals surface area contributed by atoms with Crippen molar-refractivity contribution < 1.29 is 9.21 Å². The Bertz CT molecular complexity index is 653. The Labute approximate surface area is 132 Å². The number of carbonyl (C=O) groups is 1. The third kappa shape index (κ3) is 3.21. The third-order valence-electron chi connectivity index (χ3n) is 4.17. The lowest BCUT2D eigenvalue weighted by molar-refractivity contribution is 0.0622. The largest absolute Gasteiger partial charge is 0.441 e. The molecule has 4 nitrogen and oxygen atoms in total. The fourth-order valence-corrected chi connectivity index (χ4v) is 2.22. The van der Waals surface area contributed by atoms with Crippen LogP contribution in [0, 0.1) is 12.3 Å². The van der Waals surface area contributed by atoms with Crippen LogP contribution in [-0.2, 0) is 0 Å². The lowest BCUT2D eigenvalue weighted by atomic mass is 9.87. The molecule has 0 unspecified atom stereocenters. The van der Waals surface area contributed by atoms with Gasteiger partial charge < -0.3 is 9.32 Å². The average Bonchev–Trinajstić information content (AvgIpc) is 2.87. The van der Waals surface area contributed by atoms with Crippen molar-refractivity contribution in [1.29, 1.82) is 0 Å². The molecule has 1 heterocycles. The van der Waals surface area contributed by atoms with Crippen LogP contribution in [0.1, 0.15) is 43.9 Å². The van der Waals surface area contributed by atoms with Crippen molar-refractivity contribution >= 4 is 5.91 Å². The third-order valence-corrected chi connectivity index (χ3v) is 4.17. The molecule has 1 atom stereocenters. The fourth-order valence-electron chi connectivity index (χ4n) is 2.22. The number of aryl methyl sites for hydroxylation is 1. The van der Waals surface area contributed by atoms with E-state index in [0.717, 1.165) is 5.56 Å². The number of aromatic nitrogens is 1. The zero-order valence-corrected chi connectivity index (χ0v) is 14.2. The van der Waals surface area contributed by atoms with Gasteiger partial charge in [-0.15, -0.1) is 0 Å². The van der Waals surface area contributed by atoms with Gasteiger partial charge >= 0.3 is 0 Å². The number of rotatable bonds is 3. The van der Waals surface area contributed by atoms with Gasteiger partial charge in [-0.1, -0.05) is 39.0 Å². The molecule has 2 rings (SSSR count). The Hall–Kier alpha value is -2.10. The van der Waals surface area contributed by atoms with Crippen molar-refractivity contribution in [3.63, 3.8) is 0 Å². The van der Waals surface area contributed by atoms with Crippen LogP contribution >= 0.6 is 0 Å². The Balaban J connectivity index is 2.30. The van der Waals surface area contributed by atoms with E-state index < -0.39 is 0 Å². The predicted molar refractivity (Wildman–Crippen MR) is 87.7 cm³/mol. The SMILES string of the molecule is Cc1oc(-c2ccccc2)nc1C(=O)N(C)[C@H](C)C(C)(C)C. The van der Waals surface area contributed by atoms with Gasteiger partial charge in [-0.3, -0.25) is 4.79 Å². The summed E-state index contributed by atoms with van der Waals surface area (Å²) in [7, 11) is 1.81. The fraction of sp³-hybridized carbons (Fsp3) is 0.444. The summed E-state index contributed by atoms with van der Waals surface area (Å²) in [5.41, 5.74) is 1.26. The van der Waals surface area contributed by atoms with Gasteiger partial charge in [0.05, 0.1) is 0 Å². The first-order valence-corrected chi connectivity index (χ1v) is 7.52. The van der Waals surface area contributed by atoms with Gasteiger partial charge in [0.25, 0.3) is 5.91 Å². The monoisotopic (exact) mass is 300 g/mol. The predicted octanol–water partition coefficient (Wildman–Crippen LogP) is 4.16. The normalized spacial score (nSPS) is 13.0. The number of hydrogen-bond donors (Lipinski definition) is 0. The van der Waals surface area contributed by atoms with Crippen LogP contribution in [-0.4, -0.2) is 28.9 Å². The molecule has 1 aromatic heterocycles. The van der Waals surface area contributed by atoms with Gasteiger partial charge in [0.15, 0.2) is 5.69 Å². The highest BCUT2D eigenvalue weighted by Crippen LogP contribution is 2.26. The second-order valence-corrected chi connectivity index (χ2v) is 6.75. The van der Waals surface area contributed by atoms with Crippen molar-refractivity contribution in [3.05, 3.63) is 41.8 Å². The molecule has 118 valence electrons. The van der Waals surface area contributed by atoms with Crippen LogP contribution in [0.15, 0.2) is 34.7 Å².